The molecule has 0 saturated carbocycles. The topological polar surface area (TPSA) is 78.3 Å². The van der Waals surface area contributed by atoms with Crippen LogP contribution in [0.25, 0.3) is 0 Å². The van der Waals surface area contributed by atoms with Crippen LogP contribution in [0.15, 0.2) is 0 Å². The molecular weight excluding hydrogens is 180 g/mol. The van der Waals surface area contributed by atoms with Gasteiger partial charge in [-0.3, -0.25) is 4.79 Å². The highest BCUT2D eigenvalue weighted by atomic mass is 16.5. The van der Waals surface area contributed by atoms with E-state index in [4.69, 9.17) is 16.2 Å². The lowest BCUT2D eigenvalue weighted by molar-refractivity contribution is -0.147. The molecule has 0 aromatic carbocycles. The van der Waals surface area contributed by atoms with Gasteiger partial charge in [0.15, 0.2) is 0 Å². The molecule has 0 rings (SSSR count). The summed E-state index contributed by atoms with van der Waals surface area (Å²) in [6.07, 6.45) is 1.65. The second kappa shape index (κ2) is 7.76. The molecule has 0 radical (unpaired) electrons. The maximum atomic E-state index is 11.3. The zero-order chi connectivity index (χ0) is 11.0. The summed E-state index contributed by atoms with van der Waals surface area (Å²) in [5.74, 6) is 0.123. The van der Waals surface area contributed by atoms with Gasteiger partial charge in [0.1, 0.15) is 0 Å². The fourth-order valence-corrected chi connectivity index (χ4v) is 1.45. The molecule has 14 heavy (non-hydrogen) atoms. The fourth-order valence-electron chi connectivity index (χ4n) is 1.45. The molecule has 0 heterocycles. The van der Waals surface area contributed by atoms with E-state index in [0.29, 0.717) is 25.6 Å². The van der Waals surface area contributed by atoms with Crippen molar-refractivity contribution in [3.05, 3.63) is 0 Å². The Morgan fingerprint density at radius 1 is 1.43 bits per heavy atom. The summed E-state index contributed by atoms with van der Waals surface area (Å²) < 4.78 is 4.92. The second-order valence-electron chi connectivity index (χ2n) is 3.57. The van der Waals surface area contributed by atoms with Gasteiger partial charge < -0.3 is 16.2 Å². The average Bonchev–Trinajstić information content (AvgIpc) is 2.17. The van der Waals surface area contributed by atoms with Crippen molar-refractivity contribution in [3.8, 4) is 0 Å². The van der Waals surface area contributed by atoms with Gasteiger partial charge in [-0.25, -0.2) is 0 Å². The molecule has 0 amide bonds. The quantitative estimate of drug-likeness (QED) is 0.589. The van der Waals surface area contributed by atoms with Gasteiger partial charge in [0.2, 0.25) is 0 Å². The van der Waals surface area contributed by atoms with E-state index in [1.54, 1.807) is 0 Å². The molecule has 84 valence electrons. The normalized spacial score (nSPS) is 14.9. The number of hydrogen-bond acceptors (Lipinski definition) is 4. The molecule has 2 unspecified atom stereocenters. The number of ether oxygens (including phenoxy) is 1. The lowest BCUT2D eigenvalue weighted by Crippen LogP contribution is -2.24. The monoisotopic (exact) mass is 202 g/mol. The number of hydrogen-bond donors (Lipinski definition) is 2. The molecule has 4 N–H and O–H groups in total. The van der Waals surface area contributed by atoms with Gasteiger partial charge >= 0.3 is 5.97 Å². The van der Waals surface area contributed by atoms with E-state index >= 15 is 0 Å². The van der Waals surface area contributed by atoms with Crippen molar-refractivity contribution in [2.24, 2.45) is 23.3 Å². The van der Waals surface area contributed by atoms with E-state index in [1.165, 1.54) is 0 Å². The molecule has 0 saturated heterocycles. The third-order valence-electron chi connectivity index (χ3n) is 2.28. The Bertz CT molecular complexity index is 162. The third kappa shape index (κ3) is 5.19. The molecule has 4 heteroatoms. The molecule has 0 aliphatic heterocycles. The van der Waals surface area contributed by atoms with Crippen LogP contribution in [0.4, 0.5) is 0 Å². The minimum Gasteiger partial charge on any atom is -0.466 e. The highest BCUT2D eigenvalue weighted by Gasteiger charge is 2.18. The summed E-state index contributed by atoms with van der Waals surface area (Å²) in [4.78, 5) is 11.3. The number of nitrogens with two attached hydrogens (primary N) is 2. The SMILES string of the molecule is CCOC(=O)C(C)CC(CN)CCN. The lowest BCUT2D eigenvalue weighted by atomic mass is 9.93. The van der Waals surface area contributed by atoms with Crippen LogP contribution in [0.5, 0.6) is 0 Å². The Labute approximate surface area is 86.0 Å². The van der Waals surface area contributed by atoms with Crippen LogP contribution >= 0.6 is 0 Å². The molecule has 0 aromatic rings. The van der Waals surface area contributed by atoms with Crippen molar-refractivity contribution < 1.29 is 9.53 Å². The minimum atomic E-state index is -0.136. The highest BCUT2D eigenvalue weighted by Crippen LogP contribution is 2.15. The van der Waals surface area contributed by atoms with E-state index in [0.717, 1.165) is 12.8 Å². The van der Waals surface area contributed by atoms with Crippen LogP contribution in [0, 0.1) is 11.8 Å². The van der Waals surface area contributed by atoms with Gasteiger partial charge in [0, 0.05) is 0 Å². The van der Waals surface area contributed by atoms with Crippen molar-refractivity contribution >= 4 is 5.97 Å². The van der Waals surface area contributed by atoms with Crippen LogP contribution in [-0.2, 0) is 9.53 Å². The lowest BCUT2D eigenvalue weighted by Gasteiger charge is -2.17. The van der Waals surface area contributed by atoms with Crippen molar-refractivity contribution in [2.75, 3.05) is 19.7 Å². The van der Waals surface area contributed by atoms with Crippen molar-refractivity contribution in [1.29, 1.82) is 0 Å². The van der Waals surface area contributed by atoms with E-state index in [9.17, 15) is 4.79 Å². The first-order valence-corrected chi connectivity index (χ1v) is 5.22. The zero-order valence-corrected chi connectivity index (χ0v) is 9.16. The summed E-state index contributed by atoms with van der Waals surface area (Å²) in [5, 5.41) is 0. The number of carbonyl (C=O) groups excluding carboxylic acids is 1. The van der Waals surface area contributed by atoms with E-state index in [1.807, 2.05) is 13.8 Å². The minimum absolute atomic E-state index is 0.0740. The van der Waals surface area contributed by atoms with E-state index < -0.39 is 0 Å². The molecule has 0 bridgehead atoms. The maximum absolute atomic E-state index is 11.3. The van der Waals surface area contributed by atoms with E-state index in [2.05, 4.69) is 0 Å². The Hall–Kier alpha value is -0.610. The first-order chi connectivity index (χ1) is 6.65. The van der Waals surface area contributed by atoms with Crippen molar-refractivity contribution in [2.45, 2.75) is 26.7 Å². The third-order valence-corrected chi connectivity index (χ3v) is 2.28. The van der Waals surface area contributed by atoms with E-state index in [-0.39, 0.29) is 11.9 Å². The number of carbonyl (C=O) groups is 1. The summed E-state index contributed by atoms with van der Waals surface area (Å²) >= 11 is 0. The van der Waals surface area contributed by atoms with Gasteiger partial charge in [0.05, 0.1) is 12.5 Å². The molecule has 4 nitrogen and oxygen atoms in total. The van der Waals surface area contributed by atoms with Crippen LogP contribution in [0.3, 0.4) is 0 Å². The zero-order valence-electron chi connectivity index (χ0n) is 9.16. The second-order valence-corrected chi connectivity index (χ2v) is 3.57. The summed E-state index contributed by atoms with van der Waals surface area (Å²) in [6.45, 7) is 5.33. The maximum Gasteiger partial charge on any atom is 0.308 e. The van der Waals surface area contributed by atoms with Gasteiger partial charge in [-0.1, -0.05) is 6.92 Å². The molecule has 0 aliphatic rings. The standard InChI is InChI=1S/C10H22N2O2/c1-3-14-10(13)8(2)6-9(7-12)4-5-11/h8-9H,3-7,11-12H2,1-2H3. The van der Waals surface area contributed by atoms with Gasteiger partial charge in [-0.2, -0.15) is 0 Å². The van der Waals surface area contributed by atoms with Gasteiger partial charge in [-0.15, -0.1) is 0 Å². The predicted molar refractivity (Wildman–Crippen MR) is 56.6 cm³/mol. The Morgan fingerprint density at radius 2 is 2.07 bits per heavy atom. The summed E-state index contributed by atoms with van der Waals surface area (Å²) in [5.41, 5.74) is 11.0. The molecule has 2 atom stereocenters. The Kier molecular flexibility index (Phi) is 7.42. The molecular formula is C10H22N2O2. The van der Waals surface area contributed by atoms with Crippen molar-refractivity contribution in [3.63, 3.8) is 0 Å². The van der Waals surface area contributed by atoms with Crippen LogP contribution in [0.2, 0.25) is 0 Å². The fraction of sp³-hybridized carbons (Fsp3) is 0.900. The van der Waals surface area contributed by atoms with Crippen LogP contribution in [0.1, 0.15) is 26.7 Å². The summed E-state index contributed by atoms with van der Waals surface area (Å²) in [6, 6.07) is 0. The predicted octanol–water partition coefficient (Wildman–Crippen LogP) is 0.499. The largest absolute Gasteiger partial charge is 0.466 e. The average molecular weight is 202 g/mol. The number of rotatable bonds is 7. The Balaban J connectivity index is 3.88. The first kappa shape index (κ1) is 13.4. The smallest absolute Gasteiger partial charge is 0.308 e. The molecule has 0 aromatic heterocycles. The highest BCUT2D eigenvalue weighted by molar-refractivity contribution is 5.71. The molecule has 0 spiro atoms. The molecule has 0 aliphatic carbocycles. The van der Waals surface area contributed by atoms with Gasteiger partial charge in [0.25, 0.3) is 0 Å². The Morgan fingerprint density at radius 3 is 2.50 bits per heavy atom. The first-order valence-electron chi connectivity index (χ1n) is 5.22. The van der Waals surface area contributed by atoms with Crippen LogP contribution in [-0.4, -0.2) is 25.7 Å². The van der Waals surface area contributed by atoms with Crippen LogP contribution < -0.4 is 11.5 Å². The number of esters is 1. The summed E-state index contributed by atoms with van der Waals surface area (Å²) in [7, 11) is 0. The van der Waals surface area contributed by atoms with Gasteiger partial charge in [-0.05, 0) is 38.8 Å². The van der Waals surface area contributed by atoms with Crippen molar-refractivity contribution in [1.82, 2.24) is 0 Å². The molecule has 0 fully saturated rings.